The molecular weight excluding hydrogens is 279 g/mol. The van der Waals surface area contributed by atoms with Gasteiger partial charge in [-0.2, -0.15) is 4.98 Å². The van der Waals surface area contributed by atoms with Crippen molar-refractivity contribution in [1.82, 2.24) is 9.97 Å². The number of fused-ring (bicyclic) bond motifs is 1. The Morgan fingerprint density at radius 2 is 2.15 bits per heavy atom. The van der Waals surface area contributed by atoms with Gasteiger partial charge in [0.25, 0.3) is 0 Å². The standard InChI is InChI=1S/C13H11FN4OS/c1-7-5-10-11(16-13(18-15)17-12(10)20-7)19-9-4-2-3-8(14)6-9/h2-6H,15H2,1H3,(H,16,17,18). The van der Waals surface area contributed by atoms with E-state index in [1.165, 1.54) is 23.5 Å². The zero-order valence-corrected chi connectivity index (χ0v) is 11.4. The van der Waals surface area contributed by atoms with E-state index in [2.05, 4.69) is 15.4 Å². The highest BCUT2D eigenvalue weighted by Gasteiger charge is 2.12. The van der Waals surface area contributed by atoms with Gasteiger partial charge in [0.05, 0.1) is 5.39 Å². The van der Waals surface area contributed by atoms with Crippen molar-refractivity contribution in [3.05, 3.63) is 41.0 Å². The van der Waals surface area contributed by atoms with E-state index < -0.39 is 0 Å². The van der Waals surface area contributed by atoms with Crippen molar-refractivity contribution in [2.24, 2.45) is 5.84 Å². The molecule has 3 N–H and O–H groups in total. The van der Waals surface area contributed by atoms with Crippen LogP contribution in [0, 0.1) is 12.7 Å². The molecule has 7 heteroatoms. The molecule has 3 aromatic rings. The monoisotopic (exact) mass is 290 g/mol. The van der Waals surface area contributed by atoms with Crippen molar-refractivity contribution in [3.63, 3.8) is 0 Å². The molecule has 0 atom stereocenters. The van der Waals surface area contributed by atoms with Crippen LogP contribution in [0.3, 0.4) is 0 Å². The van der Waals surface area contributed by atoms with Crippen LogP contribution >= 0.6 is 11.3 Å². The minimum absolute atomic E-state index is 0.255. The quantitative estimate of drug-likeness (QED) is 0.572. The minimum Gasteiger partial charge on any atom is -0.438 e. The second-order valence-corrected chi connectivity index (χ2v) is 5.37. The number of nitrogens with one attached hydrogen (secondary N) is 1. The second kappa shape index (κ2) is 5.03. The maximum atomic E-state index is 13.2. The van der Waals surface area contributed by atoms with Gasteiger partial charge in [-0.15, -0.1) is 11.3 Å². The topological polar surface area (TPSA) is 73.1 Å². The molecule has 0 aliphatic rings. The summed E-state index contributed by atoms with van der Waals surface area (Å²) >= 11 is 1.51. The third-order valence-electron chi connectivity index (χ3n) is 2.62. The first-order valence-corrected chi connectivity index (χ1v) is 6.65. The molecule has 0 radical (unpaired) electrons. The van der Waals surface area contributed by atoms with Crippen LogP contribution in [0.25, 0.3) is 10.2 Å². The lowest BCUT2D eigenvalue weighted by molar-refractivity contribution is 0.464. The largest absolute Gasteiger partial charge is 0.438 e. The summed E-state index contributed by atoms with van der Waals surface area (Å²) in [5.74, 6) is 5.95. The highest BCUT2D eigenvalue weighted by atomic mass is 32.1. The molecular formula is C13H11FN4OS. The lowest BCUT2D eigenvalue weighted by Gasteiger charge is -2.07. The van der Waals surface area contributed by atoms with Crippen molar-refractivity contribution in [1.29, 1.82) is 0 Å². The van der Waals surface area contributed by atoms with Crippen molar-refractivity contribution >= 4 is 27.5 Å². The first kappa shape index (κ1) is 12.8. The fourth-order valence-electron chi connectivity index (χ4n) is 1.80. The van der Waals surface area contributed by atoms with E-state index in [0.717, 1.165) is 15.1 Å². The van der Waals surface area contributed by atoms with Gasteiger partial charge in [-0.25, -0.2) is 15.2 Å². The molecule has 0 fully saturated rings. The Kier molecular flexibility index (Phi) is 3.21. The fourth-order valence-corrected chi connectivity index (χ4v) is 2.67. The predicted molar refractivity (Wildman–Crippen MR) is 76.4 cm³/mol. The first-order valence-electron chi connectivity index (χ1n) is 5.84. The zero-order chi connectivity index (χ0) is 14.1. The predicted octanol–water partition coefficient (Wildman–Crippen LogP) is 3.22. The zero-order valence-electron chi connectivity index (χ0n) is 10.6. The molecule has 0 aliphatic carbocycles. The van der Waals surface area contributed by atoms with Gasteiger partial charge in [-0.3, -0.25) is 5.43 Å². The minimum atomic E-state index is -0.369. The number of ether oxygens (including phenoxy) is 1. The Hall–Kier alpha value is -2.25. The average Bonchev–Trinajstić information content (AvgIpc) is 2.79. The van der Waals surface area contributed by atoms with Crippen molar-refractivity contribution in [2.75, 3.05) is 5.43 Å². The third-order valence-corrected chi connectivity index (χ3v) is 3.57. The number of hydrazine groups is 1. The van der Waals surface area contributed by atoms with E-state index in [4.69, 9.17) is 10.6 Å². The number of nitrogen functional groups attached to an aromatic ring is 1. The molecule has 2 aromatic heterocycles. The molecule has 0 amide bonds. The van der Waals surface area contributed by atoms with Crippen LogP contribution in [0.1, 0.15) is 4.88 Å². The van der Waals surface area contributed by atoms with Crippen LogP contribution in [0.5, 0.6) is 11.6 Å². The number of anilines is 1. The number of hydrogen-bond donors (Lipinski definition) is 2. The normalized spacial score (nSPS) is 10.8. The summed E-state index contributed by atoms with van der Waals surface area (Å²) in [6, 6.07) is 7.80. The molecule has 0 aliphatic heterocycles. The maximum Gasteiger partial charge on any atom is 0.241 e. The molecule has 20 heavy (non-hydrogen) atoms. The van der Waals surface area contributed by atoms with Crippen LogP contribution in [-0.4, -0.2) is 9.97 Å². The van der Waals surface area contributed by atoms with Gasteiger partial charge in [0, 0.05) is 10.9 Å². The Balaban J connectivity index is 2.09. The lowest BCUT2D eigenvalue weighted by Crippen LogP contribution is -2.10. The van der Waals surface area contributed by atoms with Crippen LogP contribution in [0.15, 0.2) is 30.3 Å². The summed E-state index contributed by atoms with van der Waals surface area (Å²) in [6.07, 6.45) is 0. The molecule has 3 rings (SSSR count). The number of aromatic nitrogens is 2. The number of benzene rings is 1. The number of hydrogen-bond acceptors (Lipinski definition) is 6. The number of thiophene rings is 1. The van der Waals surface area contributed by atoms with E-state index in [0.29, 0.717) is 11.6 Å². The summed E-state index contributed by atoms with van der Waals surface area (Å²) < 4.78 is 18.8. The third kappa shape index (κ3) is 2.40. The van der Waals surface area contributed by atoms with E-state index in [9.17, 15) is 4.39 Å². The van der Waals surface area contributed by atoms with Gasteiger partial charge in [0.1, 0.15) is 16.4 Å². The van der Waals surface area contributed by atoms with Crippen molar-refractivity contribution in [3.8, 4) is 11.6 Å². The Labute approximate surface area is 118 Å². The Morgan fingerprint density at radius 3 is 2.90 bits per heavy atom. The van der Waals surface area contributed by atoms with Crippen LogP contribution in [-0.2, 0) is 0 Å². The highest BCUT2D eigenvalue weighted by molar-refractivity contribution is 7.18. The SMILES string of the molecule is Cc1cc2c(Oc3cccc(F)c3)nc(NN)nc2s1. The summed E-state index contributed by atoms with van der Waals surface area (Å²) in [7, 11) is 0. The summed E-state index contributed by atoms with van der Waals surface area (Å²) in [6.45, 7) is 1.97. The van der Waals surface area contributed by atoms with E-state index >= 15 is 0 Å². The first-order chi connectivity index (χ1) is 9.65. The molecule has 5 nitrogen and oxygen atoms in total. The second-order valence-electron chi connectivity index (χ2n) is 4.13. The molecule has 0 bridgehead atoms. The Bertz CT molecular complexity index is 774. The summed E-state index contributed by atoms with van der Waals surface area (Å²) in [4.78, 5) is 10.3. The smallest absolute Gasteiger partial charge is 0.241 e. The Morgan fingerprint density at radius 1 is 1.30 bits per heavy atom. The number of rotatable bonds is 3. The average molecular weight is 290 g/mol. The van der Waals surface area contributed by atoms with E-state index in [1.54, 1.807) is 12.1 Å². The van der Waals surface area contributed by atoms with Gasteiger partial charge < -0.3 is 4.74 Å². The number of aryl methyl sites for hydroxylation is 1. The summed E-state index contributed by atoms with van der Waals surface area (Å²) in [5.41, 5.74) is 2.40. The molecule has 0 unspecified atom stereocenters. The molecule has 2 heterocycles. The number of nitrogens with two attached hydrogens (primary N) is 1. The number of halogens is 1. The van der Waals surface area contributed by atoms with Crippen LogP contribution < -0.4 is 16.0 Å². The molecule has 1 aromatic carbocycles. The van der Waals surface area contributed by atoms with E-state index in [-0.39, 0.29) is 11.8 Å². The van der Waals surface area contributed by atoms with Crippen LogP contribution in [0.4, 0.5) is 10.3 Å². The van der Waals surface area contributed by atoms with Gasteiger partial charge in [0.15, 0.2) is 0 Å². The maximum absolute atomic E-state index is 13.2. The lowest BCUT2D eigenvalue weighted by atomic mass is 10.3. The molecule has 0 spiro atoms. The van der Waals surface area contributed by atoms with Crippen LogP contribution in [0.2, 0.25) is 0 Å². The molecule has 0 saturated carbocycles. The summed E-state index contributed by atoms with van der Waals surface area (Å²) in [5, 5.41) is 0.774. The highest BCUT2D eigenvalue weighted by Crippen LogP contribution is 2.33. The van der Waals surface area contributed by atoms with Gasteiger partial charge in [-0.1, -0.05) is 6.07 Å². The van der Waals surface area contributed by atoms with Crippen molar-refractivity contribution < 1.29 is 9.13 Å². The van der Waals surface area contributed by atoms with Gasteiger partial charge >= 0.3 is 0 Å². The number of nitrogens with zero attached hydrogens (tertiary/aromatic N) is 2. The van der Waals surface area contributed by atoms with Crippen molar-refractivity contribution in [2.45, 2.75) is 6.92 Å². The molecule has 102 valence electrons. The van der Waals surface area contributed by atoms with Gasteiger partial charge in [-0.05, 0) is 25.1 Å². The fraction of sp³-hybridized carbons (Fsp3) is 0.0769. The molecule has 0 saturated heterocycles. The van der Waals surface area contributed by atoms with Gasteiger partial charge in [0.2, 0.25) is 11.8 Å². The van der Waals surface area contributed by atoms with E-state index in [1.807, 2.05) is 13.0 Å².